The molecule has 8 heteroatoms. The molecule has 1 atom stereocenters. The van der Waals surface area contributed by atoms with Gasteiger partial charge in [-0.25, -0.2) is 0 Å². The maximum absolute atomic E-state index is 12.3. The molecule has 1 unspecified atom stereocenters. The van der Waals surface area contributed by atoms with Gasteiger partial charge in [0.15, 0.2) is 0 Å². The van der Waals surface area contributed by atoms with Crippen LogP contribution in [-0.4, -0.2) is 39.9 Å². The molecule has 1 N–H and O–H groups in total. The molecule has 2 aromatic carbocycles. The summed E-state index contributed by atoms with van der Waals surface area (Å²) in [6, 6.07) is 12.7. The molecule has 0 spiro atoms. The average Bonchev–Trinajstić information content (AvgIpc) is 3.23. The zero-order valence-corrected chi connectivity index (χ0v) is 18.2. The predicted octanol–water partition coefficient (Wildman–Crippen LogP) is 4.82. The minimum Gasteiger partial charge on any atom is -0.481 e. The normalized spacial score (nSPS) is 16.2. The van der Waals surface area contributed by atoms with Crippen molar-refractivity contribution < 1.29 is 19.6 Å². The Balaban J connectivity index is 1.78. The molecule has 1 aliphatic heterocycles. The Labute approximate surface area is 184 Å². The number of benzene rings is 2. The number of carboxylic acids is 1. The highest BCUT2D eigenvalue weighted by Gasteiger charge is 2.29. The summed E-state index contributed by atoms with van der Waals surface area (Å²) in [6.07, 6.45) is 3.30. The molecule has 3 rings (SSSR count). The summed E-state index contributed by atoms with van der Waals surface area (Å²) in [6.45, 7) is 4.74. The third-order valence-corrected chi connectivity index (χ3v) is 6.36. The Kier molecular flexibility index (Phi) is 7.12. The highest BCUT2D eigenvalue weighted by molar-refractivity contribution is 7.99. The Morgan fingerprint density at radius 3 is 2.61 bits per heavy atom. The summed E-state index contributed by atoms with van der Waals surface area (Å²) in [5.41, 5.74) is 1.64. The largest absolute Gasteiger partial charge is 0.481 e. The van der Waals surface area contributed by atoms with E-state index in [4.69, 9.17) is 5.11 Å². The van der Waals surface area contributed by atoms with Crippen LogP contribution in [0.15, 0.2) is 58.3 Å². The maximum atomic E-state index is 12.3. The minimum atomic E-state index is -0.901. The molecule has 1 aliphatic rings. The zero-order valence-electron chi connectivity index (χ0n) is 17.4. The molecule has 31 heavy (non-hydrogen) atoms. The van der Waals surface area contributed by atoms with Gasteiger partial charge in [0.2, 0.25) is 5.91 Å². The van der Waals surface area contributed by atoms with Crippen molar-refractivity contribution in [2.45, 2.75) is 36.0 Å². The van der Waals surface area contributed by atoms with Gasteiger partial charge in [0.25, 0.3) is 5.69 Å². The Bertz CT molecular complexity index is 1030. The number of carboxylic acid groups (broad SMARTS) is 1. The molecular weight excluding hydrogens is 416 g/mol. The Hall–Kier alpha value is -3.13. The molecule has 1 saturated heterocycles. The third-order valence-electron chi connectivity index (χ3n) is 5.21. The van der Waals surface area contributed by atoms with E-state index in [9.17, 15) is 19.7 Å². The van der Waals surface area contributed by atoms with E-state index in [2.05, 4.69) is 13.8 Å². The topological polar surface area (TPSA) is 101 Å². The monoisotopic (exact) mass is 440 g/mol. The van der Waals surface area contributed by atoms with Crippen LogP contribution in [0.1, 0.15) is 37.3 Å². The van der Waals surface area contributed by atoms with Gasteiger partial charge >= 0.3 is 5.97 Å². The van der Waals surface area contributed by atoms with Crippen LogP contribution < -0.4 is 0 Å². The summed E-state index contributed by atoms with van der Waals surface area (Å²) in [5.74, 6) is -1.44. The number of rotatable bonds is 7. The van der Waals surface area contributed by atoms with Crippen LogP contribution >= 0.6 is 11.8 Å². The number of amides is 1. The molecule has 0 aromatic heterocycles. The van der Waals surface area contributed by atoms with Crippen LogP contribution in [0.25, 0.3) is 6.08 Å². The summed E-state index contributed by atoms with van der Waals surface area (Å²) in [5, 5.41) is 20.7. The molecule has 162 valence electrons. The first-order chi connectivity index (χ1) is 14.8. The first-order valence-electron chi connectivity index (χ1n) is 10.0. The number of carbonyl (C=O) groups is 2. The fourth-order valence-corrected chi connectivity index (χ4v) is 4.65. The van der Waals surface area contributed by atoms with Gasteiger partial charge in [-0.3, -0.25) is 19.7 Å². The van der Waals surface area contributed by atoms with Gasteiger partial charge in [-0.15, -0.1) is 0 Å². The second kappa shape index (κ2) is 9.78. The number of nitrogens with zero attached hydrogens (tertiary/aromatic N) is 2. The van der Waals surface area contributed by atoms with Crippen LogP contribution in [0.4, 0.5) is 5.69 Å². The van der Waals surface area contributed by atoms with Crippen molar-refractivity contribution in [1.29, 1.82) is 0 Å². The first kappa shape index (κ1) is 22.6. The van der Waals surface area contributed by atoms with Gasteiger partial charge in [0, 0.05) is 30.1 Å². The lowest BCUT2D eigenvalue weighted by Gasteiger charge is -2.13. The minimum absolute atomic E-state index is 0.0229. The van der Waals surface area contributed by atoms with E-state index in [1.165, 1.54) is 34.9 Å². The van der Waals surface area contributed by atoms with Gasteiger partial charge in [0.1, 0.15) is 0 Å². The molecule has 1 heterocycles. The number of carbonyl (C=O) groups excluding carboxylic acids is 1. The number of hydrogen-bond donors (Lipinski definition) is 1. The van der Waals surface area contributed by atoms with E-state index in [0.717, 1.165) is 10.5 Å². The zero-order chi connectivity index (χ0) is 22.5. The number of nitro groups is 1. The number of hydrogen-bond acceptors (Lipinski definition) is 5. The van der Waals surface area contributed by atoms with Crippen molar-refractivity contribution in [3.05, 3.63) is 69.8 Å². The van der Waals surface area contributed by atoms with E-state index < -0.39 is 16.8 Å². The molecule has 7 nitrogen and oxygen atoms in total. The highest BCUT2D eigenvalue weighted by atomic mass is 32.2. The van der Waals surface area contributed by atoms with Gasteiger partial charge in [0.05, 0.1) is 15.7 Å². The van der Waals surface area contributed by atoms with Crippen LogP contribution in [0.3, 0.4) is 0 Å². The van der Waals surface area contributed by atoms with Crippen molar-refractivity contribution in [2.75, 3.05) is 13.1 Å². The standard InChI is InChI=1S/C23H24N2O5S/c1-15(2)18-5-3-4-6-20(18)31-21-9-7-16(13-19(21)25(29)30)8-10-22(26)24-12-11-17(14-24)23(27)28/h3-10,13,15,17H,11-12,14H2,1-2H3,(H,27,28). The molecule has 0 bridgehead atoms. The van der Waals surface area contributed by atoms with Crippen LogP contribution in [0.2, 0.25) is 0 Å². The number of likely N-dealkylation sites (tertiary alicyclic amines) is 1. The first-order valence-corrected chi connectivity index (χ1v) is 10.8. The average molecular weight is 441 g/mol. The molecule has 2 aromatic rings. The van der Waals surface area contributed by atoms with E-state index >= 15 is 0 Å². The van der Waals surface area contributed by atoms with Gasteiger partial charge in [-0.05, 0) is 41.7 Å². The van der Waals surface area contributed by atoms with E-state index in [-0.39, 0.29) is 18.1 Å². The van der Waals surface area contributed by atoms with Gasteiger partial charge < -0.3 is 10.0 Å². The Morgan fingerprint density at radius 2 is 1.97 bits per heavy atom. The van der Waals surface area contributed by atoms with Crippen molar-refractivity contribution in [3.63, 3.8) is 0 Å². The lowest BCUT2D eigenvalue weighted by molar-refractivity contribution is -0.387. The smallest absolute Gasteiger partial charge is 0.308 e. The number of nitro benzene ring substituents is 1. The van der Waals surface area contributed by atoms with Crippen LogP contribution in [0.5, 0.6) is 0 Å². The van der Waals surface area contributed by atoms with Gasteiger partial charge in [-0.2, -0.15) is 0 Å². The maximum Gasteiger partial charge on any atom is 0.308 e. The summed E-state index contributed by atoms with van der Waals surface area (Å²) >= 11 is 1.36. The van der Waals surface area contributed by atoms with E-state index in [1.807, 2.05) is 24.3 Å². The fourth-order valence-electron chi connectivity index (χ4n) is 3.47. The fraction of sp³-hybridized carbons (Fsp3) is 0.304. The lowest BCUT2D eigenvalue weighted by Crippen LogP contribution is -2.28. The second-order valence-corrected chi connectivity index (χ2v) is 8.80. The lowest BCUT2D eigenvalue weighted by atomic mass is 10.0. The summed E-state index contributed by atoms with van der Waals surface area (Å²) in [4.78, 5) is 37.6. The predicted molar refractivity (Wildman–Crippen MR) is 119 cm³/mol. The van der Waals surface area contributed by atoms with Crippen molar-refractivity contribution in [2.24, 2.45) is 5.92 Å². The molecular formula is C23H24N2O5S. The second-order valence-electron chi connectivity index (χ2n) is 7.72. The van der Waals surface area contributed by atoms with Crippen molar-refractivity contribution in [1.82, 2.24) is 4.90 Å². The quantitative estimate of drug-likeness (QED) is 0.376. The molecule has 1 fully saturated rings. The molecule has 0 aliphatic carbocycles. The Morgan fingerprint density at radius 1 is 1.23 bits per heavy atom. The SMILES string of the molecule is CC(C)c1ccccc1Sc1ccc(C=CC(=O)N2CCC(C(=O)O)C2)cc1[N+](=O)[O-]. The van der Waals surface area contributed by atoms with Crippen LogP contribution in [-0.2, 0) is 9.59 Å². The van der Waals surface area contributed by atoms with Gasteiger partial charge in [-0.1, -0.05) is 49.9 Å². The molecule has 1 amide bonds. The highest BCUT2D eigenvalue weighted by Crippen LogP contribution is 2.39. The summed E-state index contributed by atoms with van der Waals surface area (Å²) < 4.78 is 0. The third kappa shape index (κ3) is 5.52. The molecule has 0 radical (unpaired) electrons. The molecule has 0 saturated carbocycles. The summed E-state index contributed by atoms with van der Waals surface area (Å²) in [7, 11) is 0. The van der Waals surface area contributed by atoms with E-state index in [1.54, 1.807) is 12.1 Å². The van der Waals surface area contributed by atoms with Crippen molar-refractivity contribution in [3.8, 4) is 0 Å². The van der Waals surface area contributed by atoms with Crippen molar-refractivity contribution >= 4 is 35.4 Å². The number of aliphatic carboxylic acids is 1. The van der Waals surface area contributed by atoms with Crippen LogP contribution in [0, 0.1) is 16.0 Å². The van der Waals surface area contributed by atoms with E-state index in [0.29, 0.717) is 29.3 Å².